The molecular formula is C13H13FN6O3S. The lowest BCUT2D eigenvalue weighted by Gasteiger charge is -2.09. The van der Waals surface area contributed by atoms with Gasteiger partial charge in [-0.25, -0.2) is 14.4 Å². The van der Waals surface area contributed by atoms with Gasteiger partial charge in [0, 0.05) is 13.6 Å². The zero-order valence-electron chi connectivity index (χ0n) is 12.4. The molecule has 0 amide bonds. The van der Waals surface area contributed by atoms with Gasteiger partial charge in [-0.05, 0) is 17.7 Å². The Morgan fingerprint density at radius 1 is 1.33 bits per heavy atom. The predicted octanol–water partition coefficient (Wildman–Crippen LogP) is 1.33. The van der Waals surface area contributed by atoms with Gasteiger partial charge in [0.25, 0.3) is 0 Å². The van der Waals surface area contributed by atoms with Gasteiger partial charge in [0.05, 0.1) is 17.3 Å². The SMILES string of the molecule is Cn1ncc2c(NCc3ccc(NS(=O)(=O)O)c(F)c3)ncnc21. The number of nitrogens with one attached hydrogen (secondary N) is 2. The van der Waals surface area contributed by atoms with Crippen LogP contribution in [0.1, 0.15) is 5.56 Å². The molecule has 11 heteroatoms. The average molecular weight is 352 g/mol. The molecule has 0 saturated carbocycles. The molecule has 0 unspecified atom stereocenters. The zero-order valence-corrected chi connectivity index (χ0v) is 13.2. The smallest absolute Gasteiger partial charge is 0.357 e. The normalized spacial score (nSPS) is 11.6. The van der Waals surface area contributed by atoms with Gasteiger partial charge in [-0.15, -0.1) is 0 Å². The molecule has 0 atom stereocenters. The number of hydrogen-bond donors (Lipinski definition) is 3. The molecule has 0 radical (unpaired) electrons. The number of hydrogen-bond acceptors (Lipinski definition) is 6. The molecule has 0 fully saturated rings. The molecule has 0 aliphatic carbocycles. The largest absolute Gasteiger partial charge is 0.365 e. The Morgan fingerprint density at radius 3 is 2.83 bits per heavy atom. The maximum absolute atomic E-state index is 13.9. The third-order valence-corrected chi connectivity index (χ3v) is 3.74. The minimum Gasteiger partial charge on any atom is -0.365 e. The lowest BCUT2D eigenvalue weighted by molar-refractivity contribution is 0.489. The Balaban J connectivity index is 1.78. The minimum absolute atomic E-state index is 0.254. The van der Waals surface area contributed by atoms with E-state index in [4.69, 9.17) is 4.55 Å². The number of aromatic nitrogens is 4. The van der Waals surface area contributed by atoms with Crippen LogP contribution in [0.3, 0.4) is 0 Å². The summed E-state index contributed by atoms with van der Waals surface area (Å²) in [5, 5.41) is 7.88. The number of rotatable bonds is 5. The van der Waals surface area contributed by atoms with Gasteiger partial charge in [-0.2, -0.15) is 13.5 Å². The second kappa shape index (κ2) is 6.02. The lowest BCUT2D eigenvalue weighted by Crippen LogP contribution is -2.12. The van der Waals surface area contributed by atoms with Crippen LogP contribution >= 0.6 is 0 Å². The third kappa shape index (κ3) is 3.41. The zero-order chi connectivity index (χ0) is 17.3. The van der Waals surface area contributed by atoms with E-state index in [0.717, 1.165) is 11.5 Å². The molecule has 2 aromatic heterocycles. The first kappa shape index (κ1) is 16.1. The number of nitrogens with zero attached hydrogens (tertiary/aromatic N) is 4. The van der Waals surface area contributed by atoms with E-state index in [1.807, 2.05) is 0 Å². The molecule has 1 aromatic carbocycles. The second-order valence-electron chi connectivity index (χ2n) is 4.97. The monoisotopic (exact) mass is 352 g/mol. The van der Waals surface area contributed by atoms with Gasteiger partial charge in [-0.1, -0.05) is 6.07 Å². The summed E-state index contributed by atoms with van der Waals surface area (Å²) in [7, 11) is -2.76. The van der Waals surface area contributed by atoms with Crippen LogP contribution < -0.4 is 10.0 Å². The van der Waals surface area contributed by atoms with E-state index in [1.165, 1.54) is 18.5 Å². The number of benzene rings is 1. The Bertz CT molecular complexity index is 1000. The quantitative estimate of drug-likeness (QED) is 0.592. The highest BCUT2D eigenvalue weighted by Crippen LogP contribution is 2.20. The molecule has 24 heavy (non-hydrogen) atoms. The van der Waals surface area contributed by atoms with Crippen LogP contribution in [-0.4, -0.2) is 32.7 Å². The highest BCUT2D eigenvalue weighted by Gasteiger charge is 2.11. The summed E-state index contributed by atoms with van der Waals surface area (Å²) in [6.45, 7) is 0.254. The highest BCUT2D eigenvalue weighted by atomic mass is 32.2. The van der Waals surface area contributed by atoms with E-state index in [0.29, 0.717) is 17.0 Å². The van der Waals surface area contributed by atoms with E-state index < -0.39 is 16.1 Å². The van der Waals surface area contributed by atoms with Crippen LogP contribution in [0.5, 0.6) is 0 Å². The fraction of sp³-hybridized carbons (Fsp3) is 0.154. The Morgan fingerprint density at radius 2 is 2.12 bits per heavy atom. The van der Waals surface area contributed by atoms with Crippen molar-refractivity contribution in [3.05, 3.63) is 42.1 Å². The van der Waals surface area contributed by atoms with E-state index in [2.05, 4.69) is 20.4 Å². The summed E-state index contributed by atoms with van der Waals surface area (Å²) in [4.78, 5) is 8.25. The first-order valence-corrected chi connectivity index (χ1v) is 8.18. The highest BCUT2D eigenvalue weighted by molar-refractivity contribution is 7.87. The van der Waals surface area contributed by atoms with Crippen molar-refractivity contribution in [1.29, 1.82) is 0 Å². The summed E-state index contributed by atoms with van der Waals surface area (Å²) in [6.07, 6.45) is 3.02. The summed E-state index contributed by atoms with van der Waals surface area (Å²) in [6, 6.07) is 3.90. The third-order valence-electron chi connectivity index (χ3n) is 3.26. The molecule has 9 nitrogen and oxygen atoms in total. The van der Waals surface area contributed by atoms with Crippen molar-refractivity contribution in [1.82, 2.24) is 19.7 Å². The maximum atomic E-state index is 13.9. The molecule has 0 aliphatic rings. The molecule has 0 bridgehead atoms. The topological polar surface area (TPSA) is 122 Å². The van der Waals surface area contributed by atoms with Crippen LogP contribution in [0.4, 0.5) is 15.9 Å². The maximum Gasteiger partial charge on any atom is 0.357 e. The summed E-state index contributed by atoms with van der Waals surface area (Å²) in [5.74, 6) is -0.255. The number of fused-ring (bicyclic) bond motifs is 1. The second-order valence-corrected chi connectivity index (χ2v) is 6.13. The van der Waals surface area contributed by atoms with E-state index in [1.54, 1.807) is 22.6 Å². The number of anilines is 2. The van der Waals surface area contributed by atoms with Gasteiger partial charge in [-0.3, -0.25) is 14.0 Å². The first-order valence-electron chi connectivity index (χ1n) is 6.74. The van der Waals surface area contributed by atoms with E-state index in [9.17, 15) is 12.8 Å². The molecule has 0 saturated heterocycles. The van der Waals surface area contributed by atoms with Crippen LogP contribution in [-0.2, 0) is 23.9 Å². The molecule has 126 valence electrons. The van der Waals surface area contributed by atoms with Gasteiger partial charge in [0.1, 0.15) is 18.0 Å². The van der Waals surface area contributed by atoms with Gasteiger partial charge in [0.2, 0.25) is 0 Å². The van der Waals surface area contributed by atoms with E-state index in [-0.39, 0.29) is 12.2 Å². The van der Waals surface area contributed by atoms with Crippen molar-refractivity contribution in [2.45, 2.75) is 6.54 Å². The molecule has 0 aliphatic heterocycles. The molecule has 0 spiro atoms. The fourth-order valence-electron chi connectivity index (χ4n) is 2.18. The lowest BCUT2D eigenvalue weighted by atomic mass is 10.2. The van der Waals surface area contributed by atoms with Crippen molar-refractivity contribution in [3.8, 4) is 0 Å². The van der Waals surface area contributed by atoms with Crippen molar-refractivity contribution in [2.24, 2.45) is 7.05 Å². The molecule has 2 heterocycles. The van der Waals surface area contributed by atoms with Crippen molar-refractivity contribution in [2.75, 3.05) is 10.0 Å². The van der Waals surface area contributed by atoms with Crippen LogP contribution in [0.25, 0.3) is 11.0 Å². The minimum atomic E-state index is -4.52. The summed E-state index contributed by atoms with van der Waals surface area (Å²) < 4.78 is 47.3. The molecular weight excluding hydrogens is 339 g/mol. The Hall–Kier alpha value is -2.79. The van der Waals surface area contributed by atoms with Crippen LogP contribution in [0, 0.1) is 5.82 Å². The van der Waals surface area contributed by atoms with Crippen LogP contribution in [0.2, 0.25) is 0 Å². The standard InChI is InChI=1S/C13H13FN6O3S/c1-20-13-9(6-18-20)12(16-7-17-13)15-5-8-2-3-11(10(14)4-8)19-24(21,22)23/h2-4,6-7,19H,5H2,1H3,(H,15,16,17)(H,21,22,23). The molecule has 3 rings (SSSR count). The predicted molar refractivity (Wildman–Crippen MR) is 85.2 cm³/mol. The Labute approximate surface area is 136 Å². The van der Waals surface area contributed by atoms with Crippen molar-refractivity contribution in [3.63, 3.8) is 0 Å². The van der Waals surface area contributed by atoms with Gasteiger partial charge in [0.15, 0.2) is 5.65 Å². The van der Waals surface area contributed by atoms with E-state index >= 15 is 0 Å². The molecule has 3 N–H and O–H groups in total. The van der Waals surface area contributed by atoms with Crippen LogP contribution in [0.15, 0.2) is 30.7 Å². The summed E-state index contributed by atoms with van der Waals surface area (Å²) in [5.41, 5.74) is 0.883. The number of aryl methyl sites for hydroxylation is 1. The molecule has 3 aromatic rings. The fourth-order valence-corrected chi connectivity index (χ4v) is 2.62. The summed E-state index contributed by atoms with van der Waals surface area (Å²) >= 11 is 0. The van der Waals surface area contributed by atoms with Crippen molar-refractivity contribution < 1.29 is 17.4 Å². The number of halogens is 1. The van der Waals surface area contributed by atoms with Gasteiger partial charge >= 0.3 is 10.3 Å². The van der Waals surface area contributed by atoms with Crippen molar-refractivity contribution >= 4 is 32.8 Å². The average Bonchev–Trinajstić information content (AvgIpc) is 2.89. The Kier molecular flexibility index (Phi) is 4.03. The first-order chi connectivity index (χ1) is 11.3. The van der Waals surface area contributed by atoms with Gasteiger partial charge < -0.3 is 5.32 Å².